The first-order valence-electron chi connectivity index (χ1n) is 33.8. The number of carboxylic acids is 4. The van der Waals surface area contributed by atoms with Crippen molar-refractivity contribution in [1.82, 2.24) is 45.3 Å². The number of carbonyl (C=O) groups is 13. The van der Waals surface area contributed by atoms with Crippen molar-refractivity contribution in [3.8, 4) is 0 Å². The van der Waals surface area contributed by atoms with Crippen LogP contribution in [0.4, 0.5) is 0 Å². The summed E-state index contributed by atoms with van der Waals surface area (Å²) in [5.41, 5.74) is 8.69. The maximum Gasteiger partial charge on any atom is 0.317 e. The molecule has 0 aromatic heterocycles. The Balaban J connectivity index is 1.41. The molecule has 0 spiro atoms. The topological polar surface area (TPSA) is 405 Å². The third-order valence-electron chi connectivity index (χ3n) is 17.4. The Labute approximate surface area is 591 Å². The Hall–Kier alpha value is -7.00. The molecule has 10 N–H and O–H groups in total. The summed E-state index contributed by atoms with van der Waals surface area (Å²) in [6.07, 6.45) is 0.854. The monoisotopic (exact) mass is 1440 g/mol. The van der Waals surface area contributed by atoms with Crippen LogP contribution in [0, 0.1) is 11.8 Å². The third-order valence-corrected chi connectivity index (χ3v) is 20.8. The van der Waals surface area contributed by atoms with Gasteiger partial charge in [0.25, 0.3) is 0 Å². The van der Waals surface area contributed by atoms with Gasteiger partial charge in [-0.15, -0.1) is 0 Å². The fraction of sp³-hybridized carbons (Fsp3) is 0.632. The van der Waals surface area contributed by atoms with E-state index in [1.807, 2.05) is 30.0 Å². The number of carbonyl (C=O) groups excluding carboxylic acids is 9. The van der Waals surface area contributed by atoms with E-state index in [2.05, 4.69) is 16.0 Å². The summed E-state index contributed by atoms with van der Waals surface area (Å²) >= 11 is 4.29. The summed E-state index contributed by atoms with van der Waals surface area (Å²) in [7, 11) is 1.46. The van der Waals surface area contributed by atoms with E-state index in [1.54, 1.807) is 56.8 Å². The minimum Gasteiger partial charge on any atom is -0.481 e. The van der Waals surface area contributed by atoms with Crippen LogP contribution >= 0.6 is 35.3 Å². The minimum absolute atomic E-state index is 0.0371. The predicted octanol–water partition coefficient (Wildman–Crippen LogP) is 1.83. The first-order chi connectivity index (χ1) is 47.2. The number of rotatable bonds is 27. The highest BCUT2D eigenvalue weighted by molar-refractivity contribution is 7.99. The number of carboxylic acid groups (broad SMARTS) is 4. The van der Waals surface area contributed by atoms with Crippen molar-refractivity contribution in [1.29, 1.82) is 0 Å². The Morgan fingerprint density at radius 1 is 0.646 bits per heavy atom. The number of aliphatic carboxylic acids is 4. The van der Waals surface area contributed by atoms with E-state index in [1.165, 1.54) is 47.3 Å². The van der Waals surface area contributed by atoms with Gasteiger partial charge in [-0.05, 0) is 73.5 Å². The molecule has 2 aromatic carbocycles. The second-order valence-electron chi connectivity index (χ2n) is 25.8. The quantitative estimate of drug-likeness (QED) is 0.0576. The molecule has 0 aliphatic carbocycles. The maximum atomic E-state index is 14.5. The molecule has 0 unspecified atom stereocenters. The molecule has 99 heavy (non-hydrogen) atoms. The summed E-state index contributed by atoms with van der Waals surface area (Å²) < 4.78 is 0. The molecule has 2 saturated heterocycles. The van der Waals surface area contributed by atoms with Crippen LogP contribution in [0.5, 0.6) is 0 Å². The number of hydrogen-bond donors (Lipinski definition) is 9. The van der Waals surface area contributed by atoms with E-state index in [0.717, 1.165) is 29.5 Å². The summed E-state index contributed by atoms with van der Waals surface area (Å²) in [5.74, 6) is -10.1. The number of likely N-dealkylation sites (N-methyl/N-ethyl adjacent to an activating group) is 1. The highest BCUT2D eigenvalue weighted by Gasteiger charge is 2.40. The molecule has 28 nitrogen and oxygen atoms in total. The van der Waals surface area contributed by atoms with Crippen molar-refractivity contribution in [2.45, 2.75) is 145 Å². The Morgan fingerprint density at radius 3 is 1.75 bits per heavy atom. The summed E-state index contributed by atoms with van der Waals surface area (Å²) in [6, 6.07) is 8.88. The fourth-order valence-corrected chi connectivity index (χ4v) is 15.1. The highest BCUT2D eigenvalue weighted by atomic mass is 32.2. The number of thioether (sulfide) groups is 3. The smallest absolute Gasteiger partial charge is 0.317 e. The molecule has 5 rings (SSSR count). The van der Waals surface area contributed by atoms with Gasteiger partial charge in [-0.2, -0.15) is 35.3 Å². The molecule has 2 aromatic rings. The number of fused-ring (bicyclic) bond motifs is 3. The predicted molar refractivity (Wildman–Crippen MR) is 374 cm³/mol. The van der Waals surface area contributed by atoms with Crippen molar-refractivity contribution in [3.63, 3.8) is 0 Å². The number of nitrogens with zero attached hydrogens (tertiary/aromatic N) is 6. The van der Waals surface area contributed by atoms with Crippen LogP contribution in [0.1, 0.15) is 113 Å². The number of aliphatic hydroxyl groups excluding tert-OH is 1. The SMILES string of the molecule is CCCCCC(=O)C[C@H]1CSCc2cc(CSCCCC(=O)CN3CCN(CC(=O)O)CCN(CC(=O)O)CCN(CC(=O)O)CC3)cc(c2)CSC[C@@H](C(=O)O)CC(=O)[C@H](Cc2ccccc2)NC(=O)[C@H](CCC(N)=O)NC(=O)[C@H]([C@@H](C)O)NC(=O)[C@@H]2CCCN2C(=O)CN(C)C1=O. The molecule has 7 atom stereocenters. The number of benzene rings is 2. The molecule has 3 aliphatic rings. The largest absolute Gasteiger partial charge is 0.481 e. The number of Topliss-reactive ketones (excluding diaryl/α,β-unsaturated/α-hetero) is 3. The highest BCUT2D eigenvalue weighted by Crippen LogP contribution is 2.28. The molecule has 2 fully saturated rings. The molecule has 3 aliphatic heterocycles. The van der Waals surface area contributed by atoms with Crippen LogP contribution in [-0.4, -0.2) is 278 Å². The van der Waals surface area contributed by atoms with Gasteiger partial charge < -0.3 is 57.0 Å². The summed E-state index contributed by atoms with van der Waals surface area (Å²) in [6.45, 7) is 4.19. The van der Waals surface area contributed by atoms with Crippen molar-refractivity contribution in [2.24, 2.45) is 17.6 Å². The number of ketones is 3. The fourth-order valence-electron chi connectivity index (χ4n) is 12.0. The molecule has 6 amide bonds. The van der Waals surface area contributed by atoms with Gasteiger partial charge in [-0.1, -0.05) is 68.3 Å². The van der Waals surface area contributed by atoms with E-state index >= 15 is 0 Å². The van der Waals surface area contributed by atoms with E-state index in [9.17, 15) is 87.9 Å². The zero-order chi connectivity index (χ0) is 72.6. The van der Waals surface area contributed by atoms with Crippen molar-refractivity contribution >= 4 is 112 Å². The molecular weight excluding hydrogens is 1340 g/mol. The Morgan fingerprint density at radius 2 is 1.20 bits per heavy atom. The van der Waals surface area contributed by atoms with E-state index in [-0.39, 0.29) is 134 Å². The zero-order valence-corrected chi connectivity index (χ0v) is 59.5. The number of hydrogen-bond acceptors (Lipinski definition) is 21. The van der Waals surface area contributed by atoms with E-state index in [4.69, 9.17) is 5.73 Å². The Bertz CT molecular complexity index is 3050. The van der Waals surface area contributed by atoms with Gasteiger partial charge in [0.1, 0.15) is 29.7 Å². The van der Waals surface area contributed by atoms with E-state index in [0.29, 0.717) is 60.9 Å². The number of primary amides is 1. The first-order valence-corrected chi connectivity index (χ1v) is 37.3. The minimum atomic E-state index is -1.70. The van der Waals surface area contributed by atoms with Crippen molar-refractivity contribution in [2.75, 3.05) is 116 Å². The van der Waals surface area contributed by atoms with Gasteiger partial charge in [0.05, 0.1) is 56.7 Å². The average Bonchev–Trinajstić information content (AvgIpc) is 1.80. The van der Waals surface area contributed by atoms with Gasteiger partial charge >= 0.3 is 23.9 Å². The maximum absolute atomic E-state index is 14.5. The lowest BCUT2D eigenvalue weighted by molar-refractivity contribution is -0.145. The normalized spacial score (nSPS) is 22.5. The van der Waals surface area contributed by atoms with Gasteiger partial charge in [-0.3, -0.25) is 81.9 Å². The molecular formula is C68H100N10O18S3. The zero-order valence-electron chi connectivity index (χ0n) is 57.0. The number of aliphatic hydroxyl groups is 1. The number of nitrogens with two attached hydrogens (primary N) is 1. The van der Waals surface area contributed by atoms with Crippen LogP contribution in [0.2, 0.25) is 0 Å². The van der Waals surface area contributed by atoms with Crippen molar-refractivity contribution < 1.29 is 87.9 Å². The molecule has 0 saturated carbocycles. The van der Waals surface area contributed by atoms with Crippen LogP contribution in [-0.2, 0) is 86.0 Å². The lowest BCUT2D eigenvalue weighted by Gasteiger charge is -2.32. The third kappa shape index (κ3) is 30.8. The number of unbranched alkanes of at least 4 members (excludes halogenated alkanes) is 2. The average molecular weight is 1440 g/mol. The summed E-state index contributed by atoms with van der Waals surface area (Å²) in [4.78, 5) is 183. The summed E-state index contributed by atoms with van der Waals surface area (Å²) in [5, 5.41) is 58.1. The number of amides is 6. The van der Waals surface area contributed by atoms with Crippen LogP contribution < -0.4 is 21.7 Å². The standard InChI is InChI=1S/C68H100N10O18S3/c1-4-5-7-14-52(80)33-50-43-98-41-48-29-47(40-97-28-11-15-53(81)35-74-20-22-75(37-60(85)86)24-26-77(39-62(89)90)27-25-76(23-21-74)38-61(87)88)30-49(31-48)42-99-44-51(68(95)96)34-57(82)55(32-46-12-8-6-9-13-46)71-64(91)54(17-18-58(69)83)70-66(93)63(45(2)79)72-65(92)56-16-10-19-78(56)59(84)36-73(3)67(50)94/h6,8-9,12-13,29-31,45,50-51,54-56,63,79H,4-5,7,10-11,14-28,32-44H2,1-3H3,(H2,69,83)(H,70,93)(H,71,91)(H,72,92)(H,85,86)(H,87,88)(H,89,90)(H,95,96)/t45-,50+,51+,54+,55+,56+,63+/m1/s1. The van der Waals surface area contributed by atoms with Crippen molar-refractivity contribution in [3.05, 3.63) is 70.8 Å². The molecule has 0 radical (unpaired) electrons. The van der Waals surface area contributed by atoms with Crippen LogP contribution in [0.3, 0.4) is 0 Å². The molecule has 31 heteroatoms. The molecule has 548 valence electrons. The molecule has 3 heterocycles. The lowest BCUT2D eigenvalue weighted by atomic mass is 9.95. The van der Waals surface area contributed by atoms with Crippen LogP contribution in [0.15, 0.2) is 48.5 Å². The van der Waals surface area contributed by atoms with Gasteiger partial charge in [0, 0.05) is 127 Å². The Kier molecular flexibility index (Phi) is 36.4. The van der Waals surface area contributed by atoms with E-state index < -0.39 is 127 Å². The van der Waals surface area contributed by atoms with Gasteiger partial charge in [0.2, 0.25) is 35.4 Å². The second-order valence-corrected chi connectivity index (χ2v) is 28.9. The first kappa shape index (κ1) is 82.7. The second kappa shape index (κ2) is 43.6. The molecule has 2 bridgehead atoms. The lowest BCUT2D eigenvalue weighted by Crippen LogP contribution is -2.60. The number of nitrogens with one attached hydrogen (secondary N) is 3. The van der Waals surface area contributed by atoms with Crippen LogP contribution in [0.25, 0.3) is 0 Å². The van der Waals surface area contributed by atoms with Gasteiger partial charge in [0.15, 0.2) is 5.78 Å². The van der Waals surface area contributed by atoms with Gasteiger partial charge in [-0.25, -0.2) is 0 Å².